The molecule has 0 bridgehead atoms. The molecular weight excluding hydrogens is 263 g/mol. The summed E-state index contributed by atoms with van der Waals surface area (Å²) in [5, 5.41) is 0. The van der Waals surface area contributed by atoms with E-state index in [1.807, 2.05) is 0 Å². The summed E-state index contributed by atoms with van der Waals surface area (Å²) in [7, 11) is -4.67. The maximum Gasteiger partial charge on any atom is 0.394 e. The van der Waals surface area contributed by atoms with E-state index in [4.69, 9.17) is 17.5 Å². The number of hydrogen-bond acceptors (Lipinski definition) is 2. The molecule has 1 atom stereocenters. The van der Waals surface area contributed by atoms with Crippen molar-refractivity contribution in [3.63, 3.8) is 0 Å². The van der Waals surface area contributed by atoms with Crippen LogP contribution >= 0.6 is 0 Å². The molecule has 0 aromatic heterocycles. The molecule has 0 aliphatic heterocycles. The zero-order valence-corrected chi connectivity index (χ0v) is 14.9. The Kier molecular flexibility index (Phi) is 16.8. The van der Waals surface area contributed by atoms with Crippen LogP contribution in [0.1, 0.15) is 71.6 Å². The molecule has 18 heavy (non-hydrogen) atoms. The second-order valence-corrected chi connectivity index (χ2v) is 7.43. The predicted molar refractivity (Wildman–Crippen MR) is 76.6 cm³/mol. The van der Waals surface area contributed by atoms with Gasteiger partial charge >= 0.3 is 113 Å². The summed E-state index contributed by atoms with van der Waals surface area (Å²) >= 11 is 1.42. The van der Waals surface area contributed by atoms with Crippen LogP contribution < -0.4 is 0 Å². The van der Waals surface area contributed by atoms with Crippen molar-refractivity contribution >= 4 is 38.3 Å². The molecule has 2 N–H and O–H groups in total. The molecule has 0 heterocycles. The van der Waals surface area contributed by atoms with E-state index in [1.54, 1.807) is 0 Å². The topological polar surface area (TPSA) is 74.6 Å². The van der Waals surface area contributed by atoms with E-state index in [1.165, 1.54) is 85.7 Å². The minimum absolute atomic E-state index is 1.11. The van der Waals surface area contributed by atoms with Crippen LogP contribution in [0.15, 0.2) is 0 Å². The summed E-state index contributed by atoms with van der Waals surface area (Å²) in [6, 6.07) is 0. The monoisotopic (exact) mass is 290 g/mol. The van der Waals surface area contributed by atoms with Crippen molar-refractivity contribution in [1.29, 1.82) is 0 Å². The third-order valence-electron chi connectivity index (χ3n) is 2.85. The fraction of sp³-hybridized carbons (Fsp3) is 1.00. The summed E-state index contributed by atoms with van der Waals surface area (Å²) in [6.07, 6.45) is 13.2. The molecule has 0 aliphatic rings. The Balaban J connectivity index is 0. The van der Waals surface area contributed by atoms with Crippen LogP contribution in [-0.2, 0) is 10.4 Å². The van der Waals surface area contributed by atoms with E-state index in [2.05, 4.69) is 13.8 Å². The van der Waals surface area contributed by atoms with Gasteiger partial charge in [-0.3, -0.25) is 9.11 Å². The molecule has 1 unspecified atom stereocenters. The first kappa shape index (κ1) is 21.2. The Morgan fingerprint density at radius 2 is 1.22 bits per heavy atom. The van der Waals surface area contributed by atoms with Gasteiger partial charge < -0.3 is 0 Å². The molecule has 0 rings (SSSR count). The van der Waals surface area contributed by atoms with E-state index in [0.717, 1.165) is 3.17 Å². The Morgan fingerprint density at radius 1 is 0.889 bits per heavy atom. The van der Waals surface area contributed by atoms with Gasteiger partial charge in [0.05, 0.1) is 0 Å². The Labute approximate surface area is 130 Å². The quantitative estimate of drug-likeness (QED) is 0.384. The van der Waals surface area contributed by atoms with Crippen LogP contribution in [0.2, 0.25) is 3.17 Å². The zero-order chi connectivity index (χ0) is 14.4. The molecule has 0 spiro atoms. The van der Waals surface area contributed by atoms with Gasteiger partial charge in [0.15, 0.2) is 0 Å². The fourth-order valence-corrected chi connectivity index (χ4v) is 2.62. The molecule has 6 heteroatoms. The van der Waals surface area contributed by atoms with Gasteiger partial charge in [-0.25, -0.2) is 0 Å². The van der Waals surface area contributed by atoms with Gasteiger partial charge in [0, 0.05) is 0 Å². The second kappa shape index (κ2) is 14.3. The Morgan fingerprint density at radius 3 is 1.61 bits per heavy atom. The van der Waals surface area contributed by atoms with Gasteiger partial charge in [0.25, 0.3) is 0 Å². The third kappa shape index (κ3) is 30.2. The Bertz CT molecular complexity index is 247. The van der Waals surface area contributed by atoms with Gasteiger partial charge in [-0.1, -0.05) is 0 Å². The molecule has 0 fully saturated rings. The number of rotatable bonds is 9. The first-order valence-electron chi connectivity index (χ1n) is 7.01. The van der Waals surface area contributed by atoms with Crippen LogP contribution in [0.5, 0.6) is 0 Å². The van der Waals surface area contributed by atoms with Crippen molar-refractivity contribution < 1.29 is 17.5 Å². The van der Waals surface area contributed by atoms with E-state index in [-0.39, 0.29) is 0 Å². The van der Waals surface area contributed by atoms with Crippen LogP contribution in [0.4, 0.5) is 0 Å². The molecule has 0 radical (unpaired) electrons. The molecule has 0 amide bonds. The van der Waals surface area contributed by atoms with Crippen LogP contribution in [-0.4, -0.2) is 45.5 Å². The molecule has 0 saturated heterocycles. The predicted octanol–water partition coefficient (Wildman–Crippen LogP) is 3.84. The van der Waals surface area contributed by atoms with Gasteiger partial charge in [0.1, 0.15) is 0 Å². The number of hydrogen-bond donors (Lipinski definition) is 2. The average Bonchev–Trinajstić information content (AvgIpc) is 2.22. The van der Waals surface area contributed by atoms with Crippen molar-refractivity contribution in [2.45, 2.75) is 74.8 Å². The molecular formula is C12H27NaO4S. The van der Waals surface area contributed by atoms with Gasteiger partial charge in [-0.05, 0) is 0 Å². The van der Waals surface area contributed by atoms with E-state index >= 15 is 0 Å². The standard InChI is InChI=1S/C12H25.Na.H2O4S/c1-3-5-7-9-11-12-10-8-6-4-2;;1-5(2,3)4/h11H,3-10,12H2,1-2H3;;(H2,1,2,3,4). The largest absolute Gasteiger partial charge is 0.394 e. The summed E-state index contributed by atoms with van der Waals surface area (Å²) < 4.78 is 32.7. The van der Waals surface area contributed by atoms with Crippen molar-refractivity contribution in [2.75, 3.05) is 0 Å². The van der Waals surface area contributed by atoms with Crippen molar-refractivity contribution in [3.8, 4) is 0 Å². The summed E-state index contributed by atoms with van der Waals surface area (Å²) in [5.41, 5.74) is 0. The molecule has 0 aromatic carbocycles. The smallest absolute Gasteiger partial charge is 0.264 e. The maximum absolute atomic E-state index is 8.74. The summed E-state index contributed by atoms with van der Waals surface area (Å²) in [4.78, 5) is 0. The van der Waals surface area contributed by atoms with Crippen LogP contribution in [0.3, 0.4) is 0 Å². The average molecular weight is 290 g/mol. The minimum Gasteiger partial charge on any atom is -0.264 e. The van der Waals surface area contributed by atoms with Crippen molar-refractivity contribution in [2.24, 2.45) is 0 Å². The maximum atomic E-state index is 8.74. The van der Waals surface area contributed by atoms with Gasteiger partial charge in [-0.15, -0.1) is 0 Å². The van der Waals surface area contributed by atoms with E-state index in [9.17, 15) is 0 Å². The van der Waals surface area contributed by atoms with Crippen molar-refractivity contribution in [3.05, 3.63) is 0 Å². The first-order valence-corrected chi connectivity index (χ1v) is 9.56. The Hall–Kier alpha value is 0.870. The molecule has 0 aliphatic carbocycles. The van der Waals surface area contributed by atoms with Crippen LogP contribution in [0.25, 0.3) is 0 Å². The normalized spacial score (nSPS) is 12.8. The molecule has 106 valence electrons. The van der Waals surface area contributed by atoms with Gasteiger partial charge in [-0.2, -0.15) is 8.42 Å². The van der Waals surface area contributed by atoms with E-state index in [0.29, 0.717) is 0 Å². The second-order valence-electron chi connectivity index (χ2n) is 4.90. The SMILES string of the molecule is CCCCCC[CH]([Na])CCCCC.O=S(=O)(O)O. The third-order valence-corrected chi connectivity index (χ3v) is 4.01. The minimum atomic E-state index is -4.67. The zero-order valence-electron chi connectivity index (χ0n) is 12.1. The number of unbranched alkanes of at least 4 members (excludes halogenated alkanes) is 5. The summed E-state index contributed by atoms with van der Waals surface area (Å²) in [5.74, 6) is 0. The molecule has 0 aromatic rings. The van der Waals surface area contributed by atoms with Gasteiger partial charge in [0.2, 0.25) is 0 Å². The fourth-order valence-electron chi connectivity index (χ4n) is 1.81. The van der Waals surface area contributed by atoms with Crippen molar-refractivity contribution in [1.82, 2.24) is 0 Å². The first-order chi connectivity index (χ1) is 8.31. The summed E-state index contributed by atoms with van der Waals surface area (Å²) in [6.45, 7) is 4.59. The molecule has 0 saturated carbocycles. The molecule has 4 nitrogen and oxygen atoms in total. The van der Waals surface area contributed by atoms with Crippen LogP contribution in [0, 0.1) is 0 Å². The van der Waals surface area contributed by atoms with E-state index < -0.39 is 10.4 Å².